The second-order valence-corrected chi connectivity index (χ2v) is 4.64. The molecule has 0 aromatic carbocycles. The first-order chi connectivity index (χ1) is 9.70. The van der Waals surface area contributed by atoms with Gasteiger partial charge in [-0.25, -0.2) is 4.57 Å². The molecule has 0 saturated carbocycles. The molecule has 21 heavy (non-hydrogen) atoms. The van der Waals surface area contributed by atoms with Gasteiger partial charge in [0.25, 0.3) is 0 Å². The van der Waals surface area contributed by atoms with Gasteiger partial charge in [-0.2, -0.15) is 0 Å². The van der Waals surface area contributed by atoms with Crippen LogP contribution in [-0.2, 0) is 23.6 Å². The lowest BCUT2D eigenvalue weighted by atomic mass is 10.2. The fourth-order valence-electron chi connectivity index (χ4n) is 1.00. The third-order valence-corrected chi connectivity index (χ3v) is 1.72. The van der Waals surface area contributed by atoms with Gasteiger partial charge in [0, 0.05) is 12.8 Å². The predicted molar refractivity (Wildman–Crippen MR) is 68.8 cm³/mol. The Morgan fingerprint density at radius 1 is 0.810 bits per heavy atom. The van der Waals surface area contributed by atoms with E-state index < -0.39 is 7.82 Å². The Hall–Kier alpha value is -1.03. The number of aliphatic hydroxyl groups excluding tert-OH is 2. The molecule has 0 aliphatic rings. The summed E-state index contributed by atoms with van der Waals surface area (Å²) in [4.78, 5) is 43.4. The standard InChI is InChI=1S/C10H18O6.H3O4P/c11-5-7-15-9(13)3-1-2-4-10(14)16-8-6-12;1-5(2,3)4/h11-12H,1-8H2;(H3,1,2,3,4). The number of hydrogen-bond donors (Lipinski definition) is 5. The van der Waals surface area contributed by atoms with Gasteiger partial charge < -0.3 is 34.4 Å². The monoisotopic (exact) mass is 332 g/mol. The SMILES string of the molecule is O=C(CCCCC(=O)OCCO)OCCO.O=P(O)(O)O. The van der Waals surface area contributed by atoms with Crippen LogP contribution in [0.25, 0.3) is 0 Å². The highest BCUT2D eigenvalue weighted by atomic mass is 31.2. The fraction of sp³-hybridized carbons (Fsp3) is 0.800. The Labute approximate surface area is 121 Å². The van der Waals surface area contributed by atoms with Gasteiger partial charge in [-0.05, 0) is 12.8 Å². The topological polar surface area (TPSA) is 171 Å². The first kappa shape index (κ1) is 22.3. The maximum Gasteiger partial charge on any atom is 0.466 e. The third kappa shape index (κ3) is 28.0. The number of unbranched alkanes of at least 4 members (excludes halogenated alkanes) is 1. The molecule has 0 rings (SSSR count). The van der Waals surface area contributed by atoms with E-state index in [2.05, 4.69) is 9.47 Å². The van der Waals surface area contributed by atoms with Crippen LogP contribution in [0.15, 0.2) is 0 Å². The second-order valence-electron chi connectivity index (χ2n) is 3.61. The van der Waals surface area contributed by atoms with Crippen molar-refractivity contribution < 1.29 is 48.5 Å². The molecule has 11 heteroatoms. The van der Waals surface area contributed by atoms with Gasteiger partial charge in [0.05, 0.1) is 13.2 Å². The summed E-state index contributed by atoms with van der Waals surface area (Å²) in [6, 6.07) is 0. The van der Waals surface area contributed by atoms with Crippen molar-refractivity contribution in [3.63, 3.8) is 0 Å². The van der Waals surface area contributed by atoms with E-state index in [1.807, 2.05) is 0 Å². The number of esters is 2. The first-order valence-electron chi connectivity index (χ1n) is 6.02. The summed E-state index contributed by atoms with van der Waals surface area (Å²) in [6.45, 7) is -0.340. The molecule has 0 bridgehead atoms. The zero-order valence-electron chi connectivity index (χ0n) is 11.4. The zero-order valence-corrected chi connectivity index (χ0v) is 12.3. The van der Waals surface area contributed by atoms with Crippen LogP contribution in [0, 0.1) is 0 Å². The third-order valence-electron chi connectivity index (χ3n) is 1.72. The summed E-state index contributed by atoms with van der Waals surface area (Å²) < 4.78 is 18.1. The van der Waals surface area contributed by atoms with Crippen molar-refractivity contribution in [2.75, 3.05) is 26.4 Å². The minimum absolute atomic E-state index is 0.0113. The van der Waals surface area contributed by atoms with E-state index in [9.17, 15) is 9.59 Å². The van der Waals surface area contributed by atoms with Crippen molar-refractivity contribution in [3.05, 3.63) is 0 Å². The molecule has 0 unspecified atom stereocenters. The summed E-state index contributed by atoms with van der Waals surface area (Å²) in [5.74, 6) is -0.754. The summed E-state index contributed by atoms with van der Waals surface area (Å²) in [5.41, 5.74) is 0. The van der Waals surface area contributed by atoms with Crippen LogP contribution in [0.2, 0.25) is 0 Å². The summed E-state index contributed by atoms with van der Waals surface area (Å²) in [5, 5.41) is 16.8. The number of aliphatic hydroxyl groups is 2. The van der Waals surface area contributed by atoms with Crippen molar-refractivity contribution >= 4 is 19.8 Å². The minimum atomic E-state index is -4.64. The molecule has 0 atom stereocenters. The van der Waals surface area contributed by atoms with Crippen LogP contribution in [0.5, 0.6) is 0 Å². The van der Waals surface area contributed by atoms with Crippen molar-refractivity contribution in [3.8, 4) is 0 Å². The Morgan fingerprint density at radius 3 is 1.33 bits per heavy atom. The Bertz CT molecular complexity index is 296. The lowest BCUT2D eigenvalue weighted by Crippen LogP contribution is -2.10. The van der Waals surface area contributed by atoms with Gasteiger partial charge in [-0.15, -0.1) is 0 Å². The van der Waals surface area contributed by atoms with Crippen LogP contribution in [0.3, 0.4) is 0 Å². The minimum Gasteiger partial charge on any atom is -0.463 e. The number of rotatable bonds is 9. The normalized spacial score (nSPS) is 10.3. The molecule has 0 fully saturated rings. The molecular weight excluding hydrogens is 311 g/mol. The predicted octanol–water partition coefficient (Wildman–Crippen LogP) is -1.31. The highest BCUT2D eigenvalue weighted by Crippen LogP contribution is 2.25. The molecule has 0 radical (unpaired) electrons. The number of carbonyl (C=O) groups excluding carboxylic acids is 2. The second kappa shape index (κ2) is 13.9. The molecule has 5 N–H and O–H groups in total. The molecule has 0 aliphatic heterocycles. The molecule has 0 aliphatic carbocycles. The number of phosphoric acid groups is 1. The highest BCUT2D eigenvalue weighted by Gasteiger charge is 2.05. The lowest BCUT2D eigenvalue weighted by Gasteiger charge is -2.03. The molecule has 0 spiro atoms. The lowest BCUT2D eigenvalue weighted by molar-refractivity contribution is -0.146. The van der Waals surface area contributed by atoms with Crippen LogP contribution in [-0.4, -0.2) is 63.3 Å². The zero-order chi connectivity index (χ0) is 16.7. The van der Waals surface area contributed by atoms with Crippen LogP contribution >= 0.6 is 7.82 Å². The maximum absolute atomic E-state index is 10.9. The molecule has 10 nitrogen and oxygen atoms in total. The Morgan fingerprint density at radius 2 is 1.10 bits per heavy atom. The van der Waals surface area contributed by atoms with E-state index in [1.165, 1.54) is 0 Å². The van der Waals surface area contributed by atoms with E-state index in [1.54, 1.807) is 0 Å². The van der Waals surface area contributed by atoms with E-state index >= 15 is 0 Å². The largest absolute Gasteiger partial charge is 0.466 e. The van der Waals surface area contributed by atoms with Crippen molar-refractivity contribution in [1.29, 1.82) is 0 Å². The van der Waals surface area contributed by atoms with Gasteiger partial charge in [0.15, 0.2) is 0 Å². The molecular formula is C10H21O10P. The fourth-order valence-corrected chi connectivity index (χ4v) is 1.00. The van der Waals surface area contributed by atoms with Crippen molar-refractivity contribution in [2.24, 2.45) is 0 Å². The first-order valence-corrected chi connectivity index (χ1v) is 7.58. The van der Waals surface area contributed by atoms with Gasteiger partial charge in [0.1, 0.15) is 13.2 Å². The highest BCUT2D eigenvalue weighted by molar-refractivity contribution is 7.45. The van der Waals surface area contributed by atoms with Gasteiger partial charge in [-0.1, -0.05) is 0 Å². The van der Waals surface area contributed by atoms with Crippen LogP contribution in [0.1, 0.15) is 25.7 Å². The van der Waals surface area contributed by atoms with Gasteiger partial charge >= 0.3 is 19.8 Å². The van der Waals surface area contributed by atoms with E-state index in [0.717, 1.165) is 0 Å². The molecule has 0 heterocycles. The molecule has 126 valence electrons. The Balaban J connectivity index is 0. The average Bonchev–Trinajstić information content (AvgIpc) is 2.37. The van der Waals surface area contributed by atoms with E-state index in [4.69, 9.17) is 29.5 Å². The number of hydrogen-bond acceptors (Lipinski definition) is 7. The summed E-state index contributed by atoms with van der Waals surface area (Å²) >= 11 is 0. The van der Waals surface area contributed by atoms with Gasteiger partial charge in [0.2, 0.25) is 0 Å². The summed E-state index contributed by atoms with van der Waals surface area (Å²) in [7, 11) is -4.64. The van der Waals surface area contributed by atoms with E-state index in [0.29, 0.717) is 12.8 Å². The van der Waals surface area contributed by atoms with Crippen LogP contribution < -0.4 is 0 Å². The molecule has 0 saturated heterocycles. The molecule has 0 aromatic heterocycles. The number of carbonyl (C=O) groups is 2. The van der Waals surface area contributed by atoms with Crippen LogP contribution in [0.4, 0.5) is 0 Å². The van der Waals surface area contributed by atoms with Crippen molar-refractivity contribution in [2.45, 2.75) is 25.7 Å². The average molecular weight is 332 g/mol. The van der Waals surface area contributed by atoms with Gasteiger partial charge in [-0.3, -0.25) is 9.59 Å². The quantitative estimate of drug-likeness (QED) is 0.194. The van der Waals surface area contributed by atoms with E-state index in [-0.39, 0.29) is 51.2 Å². The smallest absolute Gasteiger partial charge is 0.463 e. The number of ether oxygens (including phenoxy) is 2. The molecule has 0 amide bonds. The Kier molecular flexibility index (Phi) is 14.8. The summed E-state index contributed by atoms with van der Waals surface area (Å²) in [6.07, 6.45) is 1.54. The maximum atomic E-state index is 10.9. The molecule has 0 aromatic rings. The van der Waals surface area contributed by atoms with Crippen molar-refractivity contribution in [1.82, 2.24) is 0 Å².